The Bertz CT molecular complexity index is 577. The van der Waals surface area contributed by atoms with Crippen molar-refractivity contribution in [2.45, 2.75) is 44.2 Å². The average molecular weight is 267 g/mol. The van der Waals surface area contributed by atoms with Gasteiger partial charge in [0.05, 0.1) is 5.56 Å². The fraction of sp³-hybridized carbons (Fsp3) is 0.467. The van der Waals surface area contributed by atoms with E-state index in [4.69, 9.17) is 0 Å². The second-order valence-corrected chi connectivity index (χ2v) is 5.34. The van der Waals surface area contributed by atoms with Crippen LogP contribution in [0.25, 0.3) is 10.9 Å². The Morgan fingerprint density at radius 2 is 1.79 bits per heavy atom. The molecule has 1 fully saturated rings. The summed E-state index contributed by atoms with van der Waals surface area (Å²) in [5.74, 6) is 0.408. The van der Waals surface area contributed by atoms with E-state index in [1.165, 1.54) is 31.4 Å². The van der Waals surface area contributed by atoms with Gasteiger partial charge >= 0.3 is 6.18 Å². The van der Waals surface area contributed by atoms with Crippen molar-refractivity contribution < 1.29 is 13.2 Å². The number of hydrogen-bond acceptors (Lipinski definition) is 0. The molecule has 3 rings (SSSR count). The van der Waals surface area contributed by atoms with E-state index < -0.39 is 11.7 Å². The zero-order valence-electron chi connectivity index (χ0n) is 10.6. The van der Waals surface area contributed by atoms with Gasteiger partial charge < -0.3 is 4.98 Å². The first-order valence-corrected chi connectivity index (χ1v) is 6.74. The van der Waals surface area contributed by atoms with Crippen LogP contribution in [-0.4, -0.2) is 4.98 Å². The van der Waals surface area contributed by atoms with Gasteiger partial charge in [0.15, 0.2) is 0 Å². The largest absolute Gasteiger partial charge is 0.416 e. The summed E-state index contributed by atoms with van der Waals surface area (Å²) in [4.78, 5) is 3.10. The van der Waals surface area contributed by atoms with Crippen molar-refractivity contribution in [1.82, 2.24) is 4.98 Å². The number of fused-ring (bicyclic) bond motifs is 1. The lowest BCUT2D eigenvalue weighted by Gasteiger charge is -2.21. The molecule has 19 heavy (non-hydrogen) atoms. The van der Waals surface area contributed by atoms with Crippen LogP contribution in [0.3, 0.4) is 0 Å². The molecule has 4 heteroatoms. The summed E-state index contributed by atoms with van der Waals surface area (Å²) < 4.78 is 38.4. The maximum Gasteiger partial charge on any atom is 0.416 e. The summed E-state index contributed by atoms with van der Waals surface area (Å²) in [5, 5.41) is 0.738. The summed E-state index contributed by atoms with van der Waals surface area (Å²) >= 11 is 0. The Morgan fingerprint density at radius 3 is 2.47 bits per heavy atom. The van der Waals surface area contributed by atoms with Crippen molar-refractivity contribution >= 4 is 10.9 Å². The minimum Gasteiger partial charge on any atom is -0.361 e. The van der Waals surface area contributed by atoms with Gasteiger partial charge in [0, 0.05) is 17.1 Å². The van der Waals surface area contributed by atoms with E-state index in [1.807, 2.05) is 6.20 Å². The molecule has 1 heterocycles. The van der Waals surface area contributed by atoms with Crippen LogP contribution in [0, 0.1) is 0 Å². The Labute approximate surface area is 109 Å². The van der Waals surface area contributed by atoms with E-state index in [1.54, 1.807) is 0 Å². The topological polar surface area (TPSA) is 15.8 Å². The Kier molecular flexibility index (Phi) is 3.03. The molecule has 1 aromatic heterocycles. The first-order chi connectivity index (χ1) is 9.05. The smallest absolute Gasteiger partial charge is 0.361 e. The second-order valence-electron chi connectivity index (χ2n) is 5.34. The predicted molar refractivity (Wildman–Crippen MR) is 69.1 cm³/mol. The Morgan fingerprint density at radius 1 is 1.05 bits per heavy atom. The van der Waals surface area contributed by atoms with Crippen LogP contribution in [0.1, 0.15) is 49.1 Å². The minimum atomic E-state index is -4.27. The number of nitrogens with one attached hydrogen (secondary N) is 1. The summed E-state index contributed by atoms with van der Waals surface area (Å²) in [6.07, 6.45) is 3.39. The molecule has 0 unspecified atom stereocenters. The maximum atomic E-state index is 12.8. The molecule has 102 valence electrons. The molecule has 2 aromatic rings. The van der Waals surface area contributed by atoms with Gasteiger partial charge in [-0.25, -0.2) is 0 Å². The van der Waals surface area contributed by atoms with Crippen LogP contribution in [0.4, 0.5) is 13.2 Å². The van der Waals surface area contributed by atoms with E-state index in [2.05, 4.69) is 4.98 Å². The quantitative estimate of drug-likeness (QED) is 0.727. The number of aromatic amines is 1. The molecule has 0 amide bonds. The number of benzene rings is 1. The van der Waals surface area contributed by atoms with E-state index in [0.29, 0.717) is 5.92 Å². The predicted octanol–water partition coefficient (Wildman–Crippen LogP) is 5.23. The highest BCUT2D eigenvalue weighted by Crippen LogP contribution is 2.38. The maximum absolute atomic E-state index is 12.8. The lowest BCUT2D eigenvalue weighted by molar-refractivity contribution is -0.137. The molecule has 0 aliphatic heterocycles. The van der Waals surface area contributed by atoms with Gasteiger partial charge in [-0.15, -0.1) is 0 Å². The summed E-state index contributed by atoms with van der Waals surface area (Å²) in [5.41, 5.74) is 1.30. The zero-order chi connectivity index (χ0) is 13.5. The van der Waals surface area contributed by atoms with Crippen molar-refractivity contribution in [2.75, 3.05) is 0 Å². The van der Waals surface area contributed by atoms with Crippen molar-refractivity contribution in [3.63, 3.8) is 0 Å². The molecular formula is C15H16F3N. The highest BCUT2D eigenvalue weighted by atomic mass is 19.4. The Hall–Kier alpha value is -1.45. The van der Waals surface area contributed by atoms with E-state index in [9.17, 15) is 13.2 Å². The van der Waals surface area contributed by atoms with Crippen molar-refractivity contribution in [3.05, 3.63) is 35.5 Å². The molecule has 1 aromatic carbocycles. The molecule has 0 spiro atoms. The van der Waals surface area contributed by atoms with Crippen molar-refractivity contribution in [3.8, 4) is 0 Å². The standard InChI is InChI=1S/C15H16F3N/c16-15(17,18)11-6-7-14-12(8-11)13(9-19-14)10-4-2-1-3-5-10/h6-10,19H,1-5H2. The number of rotatable bonds is 1. The molecule has 1 N–H and O–H groups in total. The highest BCUT2D eigenvalue weighted by molar-refractivity contribution is 5.84. The molecule has 1 saturated carbocycles. The van der Waals surface area contributed by atoms with Crippen molar-refractivity contribution in [2.24, 2.45) is 0 Å². The van der Waals surface area contributed by atoms with Crippen LogP contribution < -0.4 is 0 Å². The number of aromatic nitrogens is 1. The van der Waals surface area contributed by atoms with Crippen LogP contribution >= 0.6 is 0 Å². The molecule has 0 saturated heterocycles. The van der Waals surface area contributed by atoms with Gasteiger partial charge in [-0.1, -0.05) is 19.3 Å². The molecule has 1 aliphatic carbocycles. The van der Waals surface area contributed by atoms with Gasteiger partial charge in [-0.3, -0.25) is 0 Å². The average Bonchev–Trinajstić information content (AvgIpc) is 2.81. The third-order valence-corrected chi connectivity index (χ3v) is 4.09. The van der Waals surface area contributed by atoms with Crippen molar-refractivity contribution in [1.29, 1.82) is 0 Å². The van der Waals surface area contributed by atoms with E-state index in [0.717, 1.165) is 35.4 Å². The third-order valence-electron chi connectivity index (χ3n) is 4.09. The second kappa shape index (κ2) is 4.58. The van der Waals surface area contributed by atoms with Gasteiger partial charge in [-0.05, 0) is 42.5 Å². The van der Waals surface area contributed by atoms with Gasteiger partial charge in [0.1, 0.15) is 0 Å². The fourth-order valence-corrected chi connectivity index (χ4v) is 3.07. The monoisotopic (exact) mass is 267 g/mol. The summed E-state index contributed by atoms with van der Waals surface area (Å²) in [6, 6.07) is 3.96. The summed E-state index contributed by atoms with van der Waals surface area (Å²) in [7, 11) is 0. The number of hydrogen-bond donors (Lipinski definition) is 1. The first kappa shape index (κ1) is 12.6. The van der Waals surface area contributed by atoms with Crippen LogP contribution in [-0.2, 0) is 6.18 Å². The normalized spacial score (nSPS) is 18.1. The Balaban J connectivity index is 2.05. The SMILES string of the molecule is FC(F)(F)c1ccc2[nH]cc(C3CCCCC3)c2c1. The summed E-state index contributed by atoms with van der Waals surface area (Å²) in [6.45, 7) is 0. The lowest BCUT2D eigenvalue weighted by Crippen LogP contribution is -2.06. The molecule has 1 aliphatic rings. The minimum absolute atomic E-state index is 0.408. The van der Waals surface area contributed by atoms with E-state index in [-0.39, 0.29) is 0 Å². The highest BCUT2D eigenvalue weighted by Gasteiger charge is 2.31. The number of halogens is 3. The fourth-order valence-electron chi connectivity index (χ4n) is 3.07. The van der Waals surface area contributed by atoms with Crippen LogP contribution in [0.5, 0.6) is 0 Å². The number of alkyl halides is 3. The number of H-pyrrole nitrogens is 1. The van der Waals surface area contributed by atoms with Gasteiger partial charge in [0.2, 0.25) is 0 Å². The molecular weight excluding hydrogens is 251 g/mol. The van der Waals surface area contributed by atoms with Gasteiger partial charge in [0.25, 0.3) is 0 Å². The van der Waals surface area contributed by atoms with Crippen LogP contribution in [0.2, 0.25) is 0 Å². The van der Waals surface area contributed by atoms with Crippen LogP contribution in [0.15, 0.2) is 24.4 Å². The van der Waals surface area contributed by atoms with Gasteiger partial charge in [-0.2, -0.15) is 13.2 Å². The molecule has 0 atom stereocenters. The molecule has 0 radical (unpaired) electrons. The third kappa shape index (κ3) is 2.36. The molecule has 0 bridgehead atoms. The lowest BCUT2D eigenvalue weighted by atomic mass is 9.84. The molecule has 1 nitrogen and oxygen atoms in total. The zero-order valence-corrected chi connectivity index (χ0v) is 10.6. The first-order valence-electron chi connectivity index (χ1n) is 6.74. The van der Waals surface area contributed by atoms with E-state index >= 15 is 0 Å².